The largest absolute Gasteiger partial charge is 0.347 e. The number of carbonyl (C=O) groups is 1. The van der Waals surface area contributed by atoms with E-state index in [1.807, 2.05) is 6.07 Å². The van der Waals surface area contributed by atoms with Crippen molar-refractivity contribution >= 4 is 5.91 Å². The summed E-state index contributed by atoms with van der Waals surface area (Å²) < 4.78 is 0. The zero-order valence-corrected chi connectivity index (χ0v) is 23.0. The molecule has 2 N–H and O–H groups in total. The standard InChI is InChI=1S/C30H43N7O/c1-3-16-35(17-4-2)26-7-9-27(10-8-26)36-18-11-23-19-24(5-6-25(23)20-36)30(38)37(21-28-31-12-13-32-28)22-29-33-14-15-34-29/h5-6,12-15,19,26-27H,3-4,7-11,16-18,20-22H2,1-2H3,(H,31,32)(H,33,34). The van der Waals surface area contributed by atoms with Crippen LogP contribution in [0.15, 0.2) is 43.0 Å². The number of nitrogens with zero attached hydrogens (tertiary/aromatic N) is 5. The topological polar surface area (TPSA) is 84.2 Å². The molecule has 204 valence electrons. The zero-order valence-electron chi connectivity index (χ0n) is 23.0. The van der Waals surface area contributed by atoms with Gasteiger partial charge in [-0.25, -0.2) is 9.97 Å². The maximum absolute atomic E-state index is 13.6. The minimum absolute atomic E-state index is 0.00469. The molecule has 8 heteroatoms. The van der Waals surface area contributed by atoms with Gasteiger partial charge in [0.25, 0.3) is 5.91 Å². The van der Waals surface area contributed by atoms with E-state index in [0.29, 0.717) is 19.1 Å². The molecule has 1 aliphatic carbocycles. The molecule has 0 atom stereocenters. The molecule has 0 radical (unpaired) electrons. The Labute approximate surface area is 226 Å². The van der Waals surface area contributed by atoms with E-state index >= 15 is 0 Å². The molecule has 2 aromatic heterocycles. The van der Waals surface area contributed by atoms with Crippen LogP contribution in [0.2, 0.25) is 0 Å². The summed E-state index contributed by atoms with van der Waals surface area (Å²) in [6, 6.07) is 7.76. The van der Waals surface area contributed by atoms with E-state index in [0.717, 1.165) is 42.8 Å². The van der Waals surface area contributed by atoms with E-state index in [1.54, 1.807) is 29.7 Å². The average Bonchev–Trinajstić information content (AvgIpc) is 3.66. The Bertz CT molecular complexity index is 1090. The lowest BCUT2D eigenvalue weighted by molar-refractivity contribution is 0.0721. The third kappa shape index (κ3) is 6.35. The number of amides is 1. The van der Waals surface area contributed by atoms with Crippen molar-refractivity contribution in [1.29, 1.82) is 0 Å². The first-order chi connectivity index (χ1) is 18.6. The maximum atomic E-state index is 13.6. The Balaban J connectivity index is 1.22. The van der Waals surface area contributed by atoms with Crippen molar-refractivity contribution in [2.75, 3.05) is 19.6 Å². The van der Waals surface area contributed by atoms with Gasteiger partial charge < -0.3 is 19.8 Å². The highest BCUT2D eigenvalue weighted by molar-refractivity contribution is 5.94. The predicted octanol–water partition coefficient (Wildman–Crippen LogP) is 4.77. The smallest absolute Gasteiger partial charge is 0.254 e. The Morgan fingerprint density at radius 3 is 2.18 bits per heavy atom. The van der Waals surface area contributed by atoms with Gasteiger partial charge in [0.05, 0.1) is 13.1 Å². The summed E-state index contributed by atoms with van der Waals surface area (Å²) in [6.45, 7) is 9.97. The van der Waals surface area contributed by atoms with Crippen LogP contribution < -0.4 is 0 Å². The molecule has 3 aromatic rings. The van der Waals surface area contributed by atoms with Crippen LogP contribution in [-0.2, 0) is 26.1 Å². The van der Waals surface area contributed by atoms with Gasteiger partial charge >= 0.3 is 0 Å². The Hall–Kier alpha value is -2.97. The van der Waals surface area contributed by atoms with Gasteiger partial charge in [-0.3, -0.25) is 9.69 Å². The number of aromatic amines is 2. The number of nitrogens with one attached hydrogen (secondary N) is 2. The van der Waals surface area contributed by atoms with Crippen molar-refractivity contribution in [1.82, 2.24) is 34.6 Å². The summed E-state index contributed by atoms with van der Waals surface area (Å²) in [5.41, 5.74) is 3.42. The van der Waals surface area contributed by atoms with Crippen molar-refractivity contribution in [2.45, 2.75) is 90.5 Å². The molecule has 0 bridgehead atoms. The van der Waals surface area contributed by atoms with Crippen molar-refractivity contribution in [2.24, 2.45) is 0 Å². The lowest BCUT2D eigenvalue weighted by Gasteiger charge is -2.42. The Morgan fingerprint density at radius 2 is 1.61 bits per heavy atom. The molecule has 0 spiro atoms. The first-order valence-corrected chi connectivity index (χ1v) is 14.5. The van der Waals surface area contributed by atoms with Gasteiger partial charge in [0, 0.05) is 55.5 Å². The third-order valence-electron chi connectivity index (χ3n) is 8.29. The van der Waals surface area contributed by atoms with Gasteiger partial charge in [0.2, 0.25) is 0 Å². The van der Waals surface area contributed by atoms with Crippen LogP contribution in [0.3, 0.4) is 0 Å². The fourth-order valence-electron chi connectivity index (χ4n) is 6.37. The molecule has 1 aromatic carbocycles. The maximum Gasteiger partial charge on any atom is 0.254 e. The van der Waals surface area contributed by atoms with Crippen LogP contribution >= 0.6 is 0 Å². The van der Waals surface area contributed by atoms with E-state index in [9.17, 15) is 4.79 Å². The van der Waals surface area contributed by atoms with Crippen molar-refractivity contribution < 1.29 is 4.79 Å². The number of fused-ring (bicyclic) bond motifs is 1. The number of hydrogen-bond acceptors (Lipinski definition) is 5. The molecule has 1 fully saturated rings. The van der Waals surface area contributed by atoms with Crippen LogP contribution in [0.25, 0.3) is 0 Å². The average molecular weight is 518 g/mol. The minimum atomic E-state index is 0.00469. The third-order valence-corrected chi connectivity index (χ3v) is 8.29. The number of hydrogen-bond donors (Lipinski definition) is 2. The monoisotopic (exact) mass is 517 g/mol. The number of rotatable bonds is 11. The van der Waals surface area contributed by atoms with E-state index < -0.39 is 0 Å². The number of imidazole rings is 2. The van der Waals surface area contributed by atoms with Crippen molar-refractivity contribution in [3.05, 3.63) is 71.3 Å². The summed E-state index contributed by atoms with van der Waals surface area (Å²) in [4.78, 5) is 35.7. The summed E-state index contributed by atoms with van der Waals surface area (Å²) in [6.07, 6.45) is 15.7. The quantitative estimate of drug-likeness (QED) is 0.383. The molecule has 3 heterocycles. The highest BCUT2D eigenvalue weighted by atomic mass is 16.2. The highest BCUT2D eigenvalue weighted by Gasteiger charge is 2.30. The van der Waals surface area contributed by atoms with E-state index in [-0.39, 0.29) is 5.91 Å². The molecule has 8 nitrogen and oxygen atoms in total. The SMILES string of the molecule is CCCN(CCC)C1CCC(N2CCc3cc(C(=O)N(Cc4ncc[nH]4)Cc4ncc[nH]4)ccc3C2)CC1. The second-order valence-electron chi connectivity index (χ2n) is 10.9. The first-order valence-electron chi connectivity index (χ1n) is 14.5. The van der Waals surface area contributed by atoms with Gasteiger partial charge in [-0.2, -0.15) is 0 Å². The lowest BCUT2D eigenvalue weighted by Crippen LogP contribution is -2.46. The molecule has 1 aliphatic heterocycles. The van der Waals surface area contributed by atoms with E-state index in [1.165, 1.54) is 62.7 Å². The lowest BCUT2D eigenvalue weighted by atomic mass is 9.87. The minimum Gasteiger partial charge on any atom is -0.347 e. The summed E-state index contributed by atoms with van der Waals surface area (Å²) in [7, 11) is 0. The molecule has 1 saturated carbocycles. The molecule has 2 aliphatic rings. The van der Waals surface area contributed by atoms with Gasteiger partial charge in [-0.15, -0.1) is 0 Å². The molecule has 0 unspecified atom stereocenters. The fraction of sp³-hybridized carbons (Fsp3) is 0.567. The molecule has 5 rings (SSSR count). The van der Waals surface area contributed by atoms with E-state index in [4.69, 9.17) is 0 Å². The Kier molecular flexibility index (Phi) is 8.91. The zero-order chi connectivity index (χ0) is 26.3. The second kappa shape index (κ2) is 12.7. The van der Waals surface area contributed by atoms with Crippen LogP contribution in [0.4, 0.5) is 0 Å². The van der Waals surface area contributed by atoms with E-state index in [2.05, 4.69) is 55.7 Å². The molecular weight excluding hydrogens is 474 g/mol. The van der Waals surface area contributed by atoms with Crippen LogP contribution in [0, 0.1) is 0 Å². The van der Waals surface area contributed by atoms with Gasteiger partial charge in [0.1, 0.15) is 11.6 Å². The first kappa shape index (κ1) is 26.6. The van der Waals surface area contributed by atoms with Crippen molar-refractivity contribution in [3.8, 4) is 0 Å². The van der Waals surface area contributed by atoms with Crippen LogP contribution in [-0.4, -0.2) is 72.3 Å². The molecule has 38 heavy (non-hydrogen) atoms. The Morgan fingerprint density at radius 1 is 0.947 bits per heavy atom. The predicted molar refractivity (Wildman–Crippen MR) is 150 cm³/mol. The van der Waals surface area contributed by atoms with Crippen LogP contribution in [0.1, 0.15) is 85.5 Å². The molecule has 1 amide bonds. The van der Waals surface area contributed by atoms with Gasteiger partial charge in [-0.05, 0) is 81.3 Å². The fourth-order valence-corrected chi connectivity index (χ4v) is 6.37. The number of benzene rings is 1. The molecule has 0 saturated heterocycles. The number of carbonyl (C=O) groups excluding carboxylic acids is 1. The summed E-state index contributed by atoms with van der Waals surface area (Å²) in [5, 5.41) is 0. The highest BCUT2D eigenvalue weighted by Crippen LogP contribution is 2.31. The van der Waals surface area contributed by atoms with Gasteiger partial charge in [-0.1, -0.05) is 19.9 Å². The molecular formula is C30H43N7O. The van der Waals surface area contributed by atoms with Gasteiger partial charge in [0.15, 0.2) is 0 Å². The normalized spacial score (nSPS) is 20.0. The summed E-state index contributed by atoms with van der Waals surface area (Å²) >= 11 is 0. The number of aromatic nitrogens is 4. The summed E-state index contributed by atoms with van der Waals surface area (Å²) in [5.74, 6) is 1.53. The van der Waals surface area contributed by atoms with Crippen molar-refractivity contribution in [3.63, 3.8) is 0 Å². The second-order valence-corrected chi connectivity index (χ2v) is 10.9. The van der Waals surface area contributed by atoms with Crippen LogP contribution in [0.5, 0.6) is 0 Å². The number of H-pyrrole nitrogens is 2.